The average Bonchev–Trinajstić information content (AvgIpc) is 2.71. The molecule has 1 aromatic heterocycles. The third-order valence-corrected chi connectivity index (χ3v) is 3.54. The molecule has 0 N–H and O–H groups in total. The van der Waals surface area contributed by atoms with E-state index in [-0.39, 0.29) is 0 Å². The van der Waals surface area contributed by atoms with Crippen LogP contribution in [0.3, 0.4) is 0 Å². The van der Waals surface area contributed by atoms with Crippen LogP contribution in [0.4, 0.5) is 0 Å². The maximum atomic E-state index is 10.4. The Labute approximate surface area is 127 Å². The predicted octanol–water partition coefficient (Wildman–Crippen LogP) is 4.00. The van der Waals surface area contributed by atoms with Crippen LogP contribution in [0, 0.1) is 24.0 Å². The van der Waals surface area contributed by atoms with Crippen molar-refractivity contribution in [3.05, 3.63) is 62.6 Å². The molecule has 5 nitrogen and oxygen atoms in total. The van der Waals surface area contributed by atoms with Crippen molar-refractivity contribution < 1.29 is 9.66 Å². The number of hydrogen-bond acceptors (Lipinski definition) is 3. The lowest BCUT2D eigenvalue weighted by molar-refractivity contribution is -0.400. The SMILES string of the molecule is COc1ccc(-n2c(C)cc(C=C[N+](=O)[O-])c2C)cc1Cl. The van der Waals surface area contributed by atoms with Gasteiger partial charge >= 0.3 is 0 Å². The molecule has 0 amide bonds. The van der Waals surface area contributed by atoms with E-state index in [0.717, 1.165) is 28.8 Å². The minimum Gasteiger partial charge on any atom is -0.495 e. The van der Waals surface area contributed by atoms with E-state index in [0.29, 0.717) is 10.8 Å². The van der Waals surface area contributed by atoms with Gasteiger partial charge in [0.25, 0.3) is 0 Å². The molecule has 0 aliphatic heterocycles. The second-order valence-corrected chi connectivity index (χ2v) is 4.99. The van der Waals surface area contributed by atoms with Gasteiger partial charge in [0.15, 0.2) is 0 Å². The zero-order chi connectivity index (χ0) is 15.6. The van der Waals surface area contributed by atoms with Gasteiger partial charge in [-0.25, -0.2) is 0 Å². The Morgan fingerprint density at radius 1 is 1.33 bits per heavy atom. The van der Waals surface area contributed by atoms with Gasteiger partial charge in [0.1, 0.15) is 5.75 Å². The summed E-state index contributed by atoms with van der Waals surface area (Å²) in [4.78, 5) is 9.97. The first-order chi connectivity index (χ1) is 9.93. The molecule has 6 heteroatoms. The van der Waals surface area contributed by atoms with E-state index in [1.807, 2.05) is 30.5 Å². The largest absolute Gasteiger partial charge is 0.495 e. The molecular weight excluding hydrogens is 292 g/mol. The summed E-state index contributed by atoms with van der Waals surface area (Å²) < 4.78 is 7.13. The van der Waals surface area contributed by atoms with Crippen molar-refractivity contribution in [1.82, 2.24) is 4.57 Å². The highest BCUT2D eigenvalue weighted by Crippen LogP contribution is 2.29. The van der Waals surface area contributed by atoms with E-state index in [4.69, 9.17) is 16.3 Å². The fraction of sp³-hybridized carbons (Fsp3) is 0.200. The van der Waals surface area contributed by atoms with Gasteiger partial charge in [-0.15, -0.1) is 0 Å². The number of rotatable bonds is 4. The second kappa shape index (κ2) is 6.01. The van der Waals surface area contributed by atoms with Crippen molar-refractivity contribution in [3.8, 4) is 11.4 Å². The van der Waals surface area contributed by atoms with E-state index in [1.54, 1.807) is 19.2 Å². The van der Waals surface area contributed by atoms with Gasteiger partial charge in [0.05, 0.1) is 17.1 Å². The van der Waals surface area contributed by atoms with Crippen molar-refractivity contribution in [2.75, 3.05) is 7.11 Å². The zero-order valence-corrected chi connectivity index (χ0v) is 12.7. The first-order valence-electron chi connectivity index (χ1n) is 6.28. The number of benzene rings is 1. The molecule has 0 fully saturated rings. The van der Waals surface area contributed by atoms with Gasteiger partial charge in [-0.2, -0.15) is 0 Å². The van der Waals surface area contributed by atoms with Crippen LogP contribution in [0.1, 0.15) is 17.0 Å². The van der Waals surface area contributed by atoms with E-state index in [9.17, 15) is 10.1 Å². The Bertz CT molecular complexity index is 720. The average molecular weight is 307 g/mol. The third-order valence-electron chi connectivity index (χ3n) is 3.24. The van der Waals surface area contributed by atoms with Crippen LogP contribution in [0.15, 0.2) is 30.5 Å². The number of methoxy groups -OCH3 is 1. The predicted molar refractivity (Wildman–Crippen MR) is 82.8 cm³/mol. The molecule has 0 aliphatic rings. The summed E-state index contributed by atoms with van der Waals surface area (Å²) in [5.74, 6) is 0.608. The fourth-order valence-electron chi connectivity index (χ4n) is 2.29. The van der Waals surface area contributed by atoms with E-state index >= 15 is 0 Å². The summed E-state index contributed by atoms with van der Waals surface area (Å²) in [7, 11) is 1.56. The Kier molecular flexibility index (Phi) is 4.33. The normalized spacial score (nSPS) is 11.0. The van der Waals surface area contributed by atoms with Gasteiger partial charge in [-0.3, -0.25) is 10.1 Å². The Morgan fingerprint density at radius 2 is 2.05 bits per heavy atom. The lowest BCUT2D eigenvalue weighted by atomic mass is 10.2. The molecule has 2 aromatic rings. The van der Waals surface area contributed by atoms with Crippen LogP contribution in [-0.4, -0.2) is 16.6 Å². The summed E-state index contributed by atoms with van der Waals surface area (Å²) in [6.45, 7) is 3.85. The van der Waals surface area contributed by atoms with Crippen LogP contribution in [-0.2, 0) is 0 Å². The monoisotopic (exact) mass is 306 g/mol. The minimum atomic E-state index is -0.476. The van der Waals surface area contributed by atoms with E-state index in [2.05, 4.69) is 0 Å². The zero-order valence-electron chi connectivity index (χ0n) is 12.0. The fourth-order valence-corrected chi connectivity index (χ4v) is 2.54. The lowest BCUT2D eigenvalue weighted by Crippen LogP contribution is -1.99. The molecule has 0 spiro atoms. The lowest BCUT2D eigenvalue weighted by Gasteiger charge is -2.11. The van der Waals surface area contributed by atoms with Crippen LogP contribution in [0.25, 0.3) is 11.8 Å². The molecule has 110 valence electrons. The molecule has 0 atom stereocenters. The number of nitro groups is 1. The molecule has 0 saturated heterocycles. The van der Waals surface area contributed by atoms with Crippen molar-refractivity contribution in [2.45, 2.75) is 13.8 Å². The van der Waals surface area contributed by atoms with Crippen molar-refractivity contribution in [3.63, 3.8) is 0 Å². The van der Waals surface area contributed by atoms with Gasteiger partial charge in [-0.1, -0.05) is 11.6 Å². The van der Waals surface area contributed by atoms with Crippen molar-refractivity contribution in [1.29, 1.82) is 0 Å². The van der Waals surface area contributed by atoms with Crippen molar-refractivity contribution in [2.24, 2.45) is 0 Å². The highest BCUT2D eigenvalue weighted by molar-refractivity contribution is 6.32. The quantitative estimate of drug-likeness (QED) is 0.633. The summed E-state index contributed by atoms with van der Waals surface area (Å²) in [6.07, 6.45) is 2.43. The van der Waals surface area contributed by atoms with Crippen LogP contribution in [0.5, 0.6) is 5.75 Å². The standard InChI is InChI=1S/C15H15ClN2O3/c1-10-8-12(6-7-17(19)20)11(2)18(10)13-4-5-15(21-3)14(16)9-13/h4-9H,1-3H3. The molecule has 2 rings (SSSR count). The molecule has 0 radical (unpaired) electrons. The number of ether oxygens (including phenoxy) is 1. The topological polar surface area (TPSA) is 57.3 Å². The van der Waals surface area contributed by atoms with Gasteiger partial charge < -0.3 is 9.30 Å². The first-order valence-corrected chi connectivity index (χ1v) is 6.66. The van der Waals surface area contributed by atoms with Gasteiger partial charge in [-0.05, 0) is 38.1 Å². The van der Waals surface area contributed by atoms with Crippen LogP contribution >= 0.6 is 11.6 Å². The van der Waals surface area contributed by atoms with Crippen LogP contribution < -0.4 is 4.74 Å². The molecule has 0 aliphatic carbocycles. The third kappa shape index (κ3) is 3.08. The highest BCUT2D eigenvalue weighted by Gasteiger charge is 2.11. The number of aryl methyl sites for hydroxylation is 1. The smallest absolute Gasteiger partial charge is 0.235 e. The van der Waals surface area contributed by atoms with Gasteiger partial charge in [0, 0.05) is 28.7 Å². The Hall–Kier alpha value is -2.27. The maximum absolute atomic E-state index is 10.4. The number of halogens is 1. The molecule has 21 heavy (non-hydrogen) atoms. The van der Waals surface area contributed by atoms with E-state index in [1.165, 1.54) is 6.08 Å². The summed E-state index contributed by atoms with van der Waals surface area (Å²) in [5, 5.41) is 11.0. The Morgan fingerprint density at radius 3 is 2.62 bits per heavy atom. The molecule has 0 bridgehead atoms. The van der Waals surface area contributed by atoms with Crippen LogP contribution in [0.2, 0.25) is 5.02 Å². The minimum absolute atomic E-state index is 0.476. The summed E-state index contributed by atoms with van der Waals surface area (Å²) >= 11 is 6.15. The number of nitrogens with zero attached hydrogens (tertiary/aromatic N) is 2. The first kappa shape index (κ1) is 15.1. The number of aromatic nitrogens is 1. The molecule has 0 unspecified atom stereocenters. The summed E-state index contributed by atoms with van der Waals surface area (Å²) in [5.41, 5.74) is 3.57. The van der Waals surface area contributed by atoms with Gasteiger partial charge in [0.2, 0.25) is 6.20 Å². The maximum Gasteiger partial charge on any atom is 0.235 e. The number of hydrogen-bond donors (Lipinski definition) is 0. The second-order valence-electron chi connectivity index (χ2n) is 4.58. The molecule has 1 heterocycles. The van der Waals surface area contributed by atoms with E-state index < -0.39 is 4.92 Å². The highest BCUT2D eigenvalue weighted by atomic mass is 35.5. The molecule has 1 aromatic carbocycles. The Balaban J connectivity index is 2.49. The molecular formula is C15H15ClN2O3. The van der Waals surface area contributed by atoms with Crippen molar-refractivity contribution >= 4 is 17.7 Å². The molecule has 0 saturated carbocycles. The summed E-state index contributed by atoms with van der Waals surface area (Å²) in [6, 6.07) is 7.39.